The summed E-state index contributed by atoms with van der Waals surface area (Å²) in [5, 5.41) is 2.87. The maximum atomic E-state index is 13.1. The van der Waals surface area contributed by atoms with Crippen LogP contribution in [0.4, 0.5) is 4.39 Å². The molecule has 0 fully saturated rings. The highest BCUT2D eigenvalue weighted by atomic mass is 19.1. The van der Waals surface area contributed by atoms with E-state index in [4.69, 9.17) is 9.72 Å². The summed E-state index contributed by atoms with van der Waals surface area (Å²) < 4.78 is 20.6. The van der Waals surface area contributed by atoms with Gasteiger partial charge in [-0.15, -0.1) is 0 Å². The predicted octanol–water partition coefficient (Wildman–Crippen LogP) is 4.16. The van der Waals surface area contributed by atoms with Gasteiger partial charge in [-0.1, -0.05) is 30.3 Å². The van der Waals surface area contributed by atoms with Crippen LogP contribution in [0.1, 0.15) is 21.7 Å². The van der Waals surface area contributed by atoms with E-state index in [1.807, 2.05) is 48.5 Å². The largest absolute Gasteiger partial charge is 0.496 e. The molecule has 1 N–H and O–H groups in total. The van der Waals surface area contributed by atoms with Crippen molar-refractivity contribution in [2.24, 2.45) is 0 Å². The molecule has 0 unspecified atom stereocenters. The number of hydrogen-bond acceptors (Lipinski definition) is 3. The molecule has 5 nitrogen and oxygen atoms in total. The summed E-state index contributed by atoms with van der Waals surface area (Å²) >= 11 is 0. The summed E-state index contributed by atoms with van der Waals surface area (Å²) in [6, 6.07) is 21.1. The van der Waals surface area contributed by atoms with Crippen molar-refractivity contribution in [1.29, 1.82) is 0 Å². The zero-order chi connectivity index (χ0) is 20.2. The number of rotatable bonds is 6. The average Bonchev–Trinajstić information content (AvgIpc) is 3.10. The molecular formula is C23H20FN3O2. The number of nitrogens with zero attached hydrogens (tertiary/aromatic N) is 2. The van der Waals surface area contributed by atoms with Crippen molar-refractivity contribution < 1.29 is 13.9 Å². The molecule has 1 amide bonds. The summed E-state index contributed by atoms with van der Waals surface area (Å²) in [6.45, 7) is 0.812. The van der Waals surface area contributed by atoms with Gasteiger partial charge in [-0.3, -0.25) is 4.79 Å². The van der Waals surface area contributed by atoms with E-state index in [-0.39, 0.29) is 18.3 Å². The van der Waals surface area contributed by atoms with Crippen molar-refractivity contribution in [2.75, 3.05) is 7.11 Å². The van der Waals surface area contributed by atoms with Crippen molar-refractivity contribution in [3.63, 3.8) is 0 Å². The molecule has 4 aromatic rings. The molecule has 0 aliphatic heterocycles. The lowest BCUT2D eigenvalue weighted by atomic mass is 10.2. The number of nitrogens with one attached hydrogen (secondary N) is 1. The number of hydrogen-bond donors (Lipinski definition) is 1. The number of amides is 1. The SMILES string of the molecule is COc1ccccc1Cn1c(CNC(=O)c2ccc(F)cc2)nc2ccccc21. The van der Waals surface area contributed by atoms with Gasteiger partial charge in [-0.2, -0.15) is 0 Å². The van der Waals surface area contributed by atoms with Crippen LogP contribution in [0.3, 0.4) is 0 Å². The lowest BCUT2D eigenvalue weighted by Gasteiger charge is -2.13. The molecule has 3 aromatic carbocycles. The van der Waals surface area contributed by atoms with Gasteiger partial charge in [0.1, 0.15) is 17.4 Å². The zero-order valence-electron chi connectivity index (χ0n) is 15.9. The number of carbonyl (C=O) groups is 1. The van der Waals surface area contributed by atoms with Crippen LogP contribution in [0.25, 0.3) is 11.0 Å². The highest BCUT2D eigenvalue weighted by molar-refractivity contribution is 5.94. The molecule has 0 bridgehead atoms. The molecule has 0 aliphatic rings. The van der Waals surface area contributed by atoms with Gasteiger partial charge >= 0.3 is 0 Å². The molecule has 0 radical (unpaired) electrons. The minimum Gasteiger partial charge on any atom is -0.496 e. The number of carbonyl (C=O) groups excluding carboxylic acids is 1. The lowest BCUT2D eigenvalue weighted by Crippen LogP contribution is -2.25. The standard InChI is InChI=1S/C23H20FN3O2/c1-29-21-9-5-2-6-17(21)15-27-20-8-4-3-7-19(20)26-22(27)14-25-23(28)16-10-12-18(24)13-11-16/h2-13H,14-15H2,1H3,(H,25,28). The van der Waals surface area contributed by atoms with Crippen LogP contribution in [0.2, 0.25) is 0 Å². The Morgan fingerprint density at radius 2 is 1.76 bits per heavy atom. The van der Waals surface area contributed by atoms with Crippen molar-refractivity contribution in [3.05, 3.63) is 95.6 Å². The fraction of sp³-hybridized carbons (Fsp3) is 0.130. The summed E-state index contributed by atoms with van der Waals surface area (Å²) in [5.74, 6) is 0.875. The topological polar surface area (TPSA) is 56.1 Å². The number of ether oxygens (including phenoxy) is 1. The number of benzene rings is 3. The smallest absolute Gasteiger partial charge is 0.251 e. The first-order valence-electron chi connectivity index (χ1n) is 9.25. The Morgan fingerprint density at radius 3 is 2.55 bits per heavy atom. The second-order valence-electron chi connectivity index (χ2n) is 6.60. The van der Waals surface area contributed by atoms with Crippen molar-refractivity contribution >= 4 is 16.9 Å². The first-order chi connectivity index (χ1) is 14.2. The van der Waals surface area contributed by atoms with E-state index in [1.54, 1.807) is 7.11 Å². The second-order valence-corrected chi connectivity index (χ2v) is 6.60. The van der Waals surface area contributed by atoms with Gasteiger partial charge in [0, 0.05) is 11.1 Å². The first-order valence-corrected chi connectivity index (χ1v) is 9.25. The number of aromatic nitrogens is 2. The number of imidazole rings is 1. The maximum absolute atomic E-state index is 13.1. The van der Waals surface area contributed by atoms with E-state index in [1.165, 1.54) is 24.3 Å². The van der Waals surface area contributed by atoms with E-state index in [9.17, 15) is 9.18 Å². The highest BCUT2D eigenvalue weighted by Crippen LogP contribution is 2.23. The van der Waals surface area contributed by atoms with Crippen LogP contribution in [0, 0.1) is 5.82 Å². The third-order valence-corrected chi connectivity index (χ3v) is 4.77. The fourth-order valence-electron chi connectivity index (χ4n) is 3.30. The van der Waals surface area contributed by atoms with E-state index in [0.29, 0.717) is 12.1 Å². The van der Waals surface area contributed by atoms with Gasteiger partial charge < -0.3 is 14.6 Å². The summed E-state index contributed by atoms with van der Waals surface area (Å²) in [6.07, 6.45) is 0. The van der Waals surface area contributed by atoms with Gasteiger partial charge in [0.05, 0.1) is 31.2 Å². The van der Waals surface area contributed by atoms with Crippen LogP contribution in [0.15, 0.2) is 72.8 Å². The van der Waals surface area contributed by atoms with E-state index in [2.05, 4.69) is 9.88 Å². The highest BCUT2D eigenvalue weighted by Gasteiger charge is 2.14. The summed E-state index contributed by atoms with van der Waals surface area (Å²) in [4.78, 5) is 17.1. The minimum atomic E-state index is -0.375. The molecule has 29 heavy (non-hydrogen) atoms. The quantitative estimate of drug-likeness (QED) is 0.539. The molecule has 0 atom stereocenters. The van der Waals surface area contributed by atoms with Gasteiger partial charge in [-0.05, 0) is 42.5 Å². The fourth-order valence-corrected chi connectivity index (χ4v) is 3.30. The molecule has 1 aromatic heterocycles. The summed E-state index contributed by atoms with van der Waals surface area (Å²) in [7, 11) is 1.65. The van der Waals surface area contributed by atoms with E-state index < -0.39 is 0 Å². The average molecular weight is 389 g/mol. The molecule has 1 heterocycles. The molecular weight excluding hydrogens is 369 g/mol. The van der Waals surface area contributed by atoms with Crippen LogP contribution in [-0.2, 0) is 13.1 Å². The predicted molar refractivity (Wildman–Crippen MR) is 109 cm³/mol. The molecule has 0 saturated carbocycles. The molecule has 0 aliphatic carbocycles. The van der Waals surface area contributed by atoms with Gasteiger partial charge in [0.2, 0.25) is 0 Å². The zero-order valence-corrected chi connectivity index (χ0v) is 15.9. The van der Waals surface area contributed by atoms with Crippen LogP contribution in [0.5, 0.6) is 5.75 Å². The Bertz CT molecular complexity index is 1150. The van der Waals surface area contributed by atoms with Crippen molar-refractivity contribution in [1.82, 2.24) is 14.9 Å². The minimum absolute atomic E-state index is 0.250. The third-order valence-electron chi connectivity index (χ3n) is 4.77. The summed E-state index contributed by atoms with van der Waals surface area (Å²) in [5.41, 5.74) is 3.25. The number of methoxy groups -OCH3 is 1. The van der Waals surface area contributed by atoms with Gasteiger partial charge in [-0.25, -0.2) is 9.37 Å². The van der Waals surface area contributed by atoms with Gasteiger partial charge in [0.15, 0.2) is 0 Å². The van der Waals surface area contributed by atoms with E-state index in [0.717, 1.165) is 28.2 Å². The van der Waals surface area contributed by atoms with Gasteiger partial charge in [0.25, 0.3) is 5.91 Å². The molecule has 146 valence electrons. The lowest BCUT2D eigenvalue weighted by molar-refractivity contribution is 0.0949. The first kappa shape index (κ1) is 18.7. The van der Waals surface area contributed by atoms with Crippen molar-refractivity contribution in [2.45, 2.75) is 13.1 Å². The Balaban J connectivity index is 1.63. The monoisotopic (exact) mass is 389 g/mol. The maximum Gasteiger partial charge on any atom is 0.251 e. The molecule has 0 spiro atoms. The Morgan fingerprint density at radius 1 is 1.03 bits per heavy atom. The Labute approximate surface area is 167 Å². The molecule has 0 saturated heterocycles. The number of fused-ring (bicyclic) bond motifs is 1. The third kappa shape index (κ3) is 3.96. The number of para-hydroxylation sites is 3. The second kappa shape index (κ2) is 8.14. The van der Waals surface area contributed by atoms with Crippen LogP contribution >= 0.6 is 0 Å². The molecule has 6 heteroatoms. The van der Waals surface area contributed by atoms with Crippen molar-refractivity contribution in [3.8, 4) is 5.75 Å². The van der Waals surface area contributed by atoms with E-state index >= 15 is 0 Å². The Hall–Kier alpha value is -3.67. The number of halogens is 1. The normalized spacial score (nSPS) is 10.8. The van der Waals surface area contributed by atoms with Crippen LogP contribution in [-0.4, -0.2) is 22.6 Å². The molecule has 4 rings (SSSR count). The van der Waals surface area contributed by atoms with Crippen LogP contribution < -0.4 is 10.1 Å². The Kier molecular flexibility index (Phi) is 5.24.